The molecule has 4 rings (SSSR count). The Morgan fingerprint density at radius 2 is 1.64 bits per heavy atom. The molecule has 0 spiro atoms. The molecular weight excluding hydrogens is 323 g/mol. The first-order chi connectivity index (χ1) is 12.2. The molecule has 0 amide bonds. The number of anilines is 4. The molecule has 0 radical (unpaired) electrons. The fourth-order valence-electron chi connectivity index (χ4n) is 2.47. The topological polar surface area (TPSA) is 68.3 Å². The summed E-state index contributed by atoms with van der Waals surface area (Å²) in [6, 6.07) is 13.4. The summed E-state index contributed by atoms with van der Waals surface area (Å²) < 4.78 is 23.7. The third-order valence-electron chi connectivity index (χ3n) is 3.60. The van der Waals surface area contributed by atoms with Crippen molar-refractivity contribution in [1.82, 2.24) is 9.97 Å². The second-order valence-electron chi connectivity index (χ2n) is 5.54. The standard InChI is InChI=1S/C18H15FN4O2/c1-11-8-17(21-13-4-2-12(19)3-5-13)23-18(20-11)22-14-6-7-15-16(9-14)25-10-24-15/h2-9H,10H2,1H3,(H2,20,21,22,23). The lowest BCUT2D eigenvalue weighted by Crippen LogP contribution is -2.02. The highest BCUT2D eigenvalue weighted by Crippen LogP contribution is 2.34. The highest BCUT2D eigenvalue weighted by Gasteiger charge is 2.13. The zero-order valence-electron chi connectivity index (χ0n) is 13.4. The first-order valence-electron chi connectivity index (χ1n) is 7.71. The summed E-state index contributed by atoms with van der Waals surface area (Å²) in [5, 5.41) is 6.29. The monoisotopic (exact) mass is 338 g/mol. The van der Waals surface area contributed by atoms with Gasteiger partial charge < -0.3 is 20.1 Å². The average molecular weight is 338 g/mol. The van der Waals surface area contributed by atoms with Gasteiger partial charge in [0.05, 0.1) is 0 Å². The molecule has 0 atom stereocenters. The van der Waals surface area contributed by atoms with Gasteiger partial charge in [0, 0.05) is 29.2 Å². The van der Waals surface area contributed by atoms with E-state index < -0.39 is 0 Å². The maximum atomic E-state index is 13.0. The molecule has 7 heteroatoms. The Kier molecular flexibility index (Phi) is 3.81. The summed E-state index contributed by atoms with van der Waals surface area (Å²) >= 11 is 0. The molecule has 126 valence electrons. The fraction of sp³-hybridized carbons (Fsp3) is 0.111. The van der Waals surface area contributed by atoms with Crippen LogP contribution in [0.4, 0.5) is 27.5 Å². The lowest BCUT2D eigenvalue weighted by atomic mass is 10.3. The number of fused-ring (bicyclic) bond motifs is 1. The maximum Gasteiger partial charge on any atom is 0.231 e. The third kappa shape index (κ3) is 3.45. The van der Waals surface area contributed by atoms with Crippen molar-refractivity contribution in [2.75, 3.05) is 17.4 Å². The minimum Gasteiger partial charge on any atom is -0.454 e. The summed E-state index contributed by atoms with van der Waals surface area (Å²) in [4.78, 5) is 8.83. The number of aryl methyl sites for hydroxylation is 1. The Balaban J connectivity index is 1.56. The van der Waals surface area contributed by atoms with E-state index in [1.54, 1.807) is 12.1 Å². The van der Waals surface area contributed by atoms with E-state index in [0.29, 0.717) is 17.5 Å². The second-order valence-corrected chi connectivity index (χ2v) is 5.54. The molecule has 0 saturated carbocycles. The molecule has 2 aromatic carbocycles. The zero-order chi connectivity index (χ0) is 17.2. The average Bonchev–Trinajstić information content (AvgIpc) is 3.04. The van der Waals surface area contributed by atoms with Gasteiger partial charge in [0.1, 0.15) is 11.6 Å². The molecule has 3 aromatic rings. The van der Waals surface area contributed by atoms with Crippen LogP contribution >= 0.6 is 0 Å². The van der Waals surface area contributed by atoms with E-state index in [-0.39, 0.29) is 12.6 Å². The van der Waals surface area contributed by atoms with Crippen LogP contribution < -0.4 is 20.1 Å². The number of nitrogens with one attached hydrogen (secondary N) is 2. The van der Waals surface area contributed by atoms with Gasteiger partial charge in [-0.3, -0.25) is 0 Å². The maximum absolute atomic E-state index is 13.0. The molecule has 1 aliphatic rings. The third-order valence-corrected chi connectivity index (χ3v) is 3.60. The normalized spacial score (nSPS) is 12.1. The number of rotatable bonds is 4. The number of hydrogen-bond donors (Lipinski definition) is 2. The lowest BCUT2D eigenvalue weighted by molar-refractivity contribution is 0.174. The highest BCUT2D eigenvalue weighted by atomic mass is 19.1. The Hall–Kier alpha value is -3.35. The molecule has 25 heavy (non-hydrogen) atoms. The molecular formula is C18H15FN4O2. The van der Waals surface area contributed by atoms with Crippen LogP contribution in [0.15, 0.2) is 48.5 Å². The van der Waals surface area contributed by atoms with E-state index in [9.17, 15) is 4.39 Å². The lowest BCUT2D eigenvalue weighted by Gasteiger charge is -2.10. The van der Waals surface area contributed by atoms with Gasteiger partial charge in [-0.05, 0) is 43.3 Å². The summed E-state index contributed by atoms with van der Waals surface area (Å²) in [5.74, 6) is 2.18. The Bertz CT molecular complexity index is 915. The van der Waals surface area contributed by atoms with Gasteiger partial charge in [-0.25, -0.2) is 9.37 Å². The number of hydrogen-bond acceptors (Lipinski definition) is 6. The highest BCUT2D eigenvalue weighted by molar-refractivity contribution is 5.63. The molecule has 0 bridgehead atoms. The van der Waals surface area contributed by atoms with Crippen molar-refractivity contribution in [3.8, 4) is 11.5 Å². The zero-order valence-corrected chi connectivity index (χ0v) is 13.4. The number of ether oxygens (including phenoxy) is 2. The molecule has 1 aromatic heterocycles. The molecule has 0 aliphatic carbocycles. The van der Waals surface area contributed by atoms with Gasteiger partial charge in [0.25, 0.3) is 0 Å². The summed E-state index contributed by atoms with van der Waals surface area (Å²) in [6.07, 6.45) is 0. The van der Waals surface area contributed by atoms with E-state index in [1.807, 2.05) is 31.2 Å². The van der Waals surface area contributed by atoms with Crippen molar-refractivity contribution in [2.24, 2.45) is 0 Å². The van der Waals surface area contributed by atoms with Crippen LogP contribution in [0, 0.1) is 12.7 Å². The van der Waals surface area contributed by atoms with Crippen molar-refractivity contribution >= 4 is 23.1 Å². The number of halogens is 1. The van der Waals surface area contributed by atoms with Gasteiger partial charge in [0.15, 0.2) is 11.5 Å². The summed E-state index contributed by atoms with van der Waals surface area (Å²) in [5.41, 5.74) is 2.33. The van der Waals surface area contributed by atoms with E-state index >= 15 is 0 Å². The van der Waals surface area contributed by atoms with Crippen LogP contribution in [0.2, 0.25) is 0 Å². The van der Waals surface area contributed by atoms with E-state index in [4.69, 9.17) is 9.47 Å². The largest absolute Gasteiger partial charge is 0.454 e. The van der Waals surface area contributed by atoms with Crippen LogP contribution in [-0.2, 0) is 0 Å². The molecule has 1 aliphatic heterocycles. The van der Waals surface area contributed by atoms with Crippen molar-refractivity contribution in [3.05, 3.63) is 60.0 Å². The molecule has 0 saturated heterocycles. The SMILES string of the molecule is Cc1cc(Nc2ccc(F)cc2)nc(Nc2ccc3c(c2)OCO3)n1. The van der Waals surface area contributed by atoms with E-state index in [2.05, 4.69) is 20.6 Å². The van der Waals surface area contributed by atoms with Crippen LogP contribution in [0.25, 0.3) is 0 Å². The summed E-state index contributed by atoms with van der Waals surface area (Å²) in [6.45, 7) is 2.10. The smallest absolute Gasteiger partial charge is 0.231 e. The Labute approximate surface area is 143 Å². The Morgan fingerprint density at radius 3 is 2.48 bits per heavy atom. The minimum absolute atomic E-state index is 0.228. The van der Waals surface area contributed by atoms with Crippen LogP contribution in [-0.4, -0.2) is 16.8 Å². The van der Waals surface area contributed by atoms with E-state index in [1.165, 1.54) is 12.1 Å². The number of aromatic nitrogens is 2. The van der Waals surface area contributed by atoms with E-state index in [0.717, 1.165) is 22.8 Å². The van der Waals surface area contributed by atoms with Gasteiger partial charge in [-0.15, -0.1) is 0 Å². The second kappa shape index (κ2) is 6.27. The van der Waals surface area contributed by atoms with Crippen LogP contribution in [0.1, 0.15) is 5.69 Å². The predicted molar refractivity (Wildman–Crippen MR) is 92.3 cm³/mol. The minimum atomic E-state index is -0.283. The van der Waals surface area contributed by atoms with Gasteiger partial charge in [-0.1, -0.05) is 0 Å². The Morgan fingerprint density at radius 1 is 0.880 bits per heavy atom. The van der Waals surface area contributed by atoms with Crippen molar-refractivity contribution in [3.63, 3.8) is 0 Å². The van der Waals surface area contributed by atoms with Gasteiger partial charge >= 0.3 is 0 Å². The van der Waals surface area contributed by atoms with Gasteiger partial charge in [0.2, 0.25) is 12.7 Å². The summed E-state index contributed by atoms with van der Waals surface area (Å²) in [7, 11) is 0. The fourth-order valence-corrected chi connectivity index (χ4v) is 2.47. The van der Waals surface area contributed by atoms with Crippen molar-refractivity contribution < 1.29 is 13.9 Å². The van der Waals surface area contributed by atoms with Crippen LogP contribution in [0.5, 0.6) is 11.5 Å². The van der Waals surface area contributed by atoms with Crippen LogP contribution in [0.3, 0.4) is 0 Å². The molecule has 0 fully saturated rings. The van der Waals surface area contributed by atoms with Crippen molar-refractivity contribution in [1.29, 1.82) is 0 Å². The predicted octanol–water partition coefficient (Wildman–Crippen LogP) is 4.14. The first-order valence-corrected chi connectivity index (χ1v) is 7.71. The molecule has 2 heterocycles. The number of nitrogens with zero attached hydrogens (tertiary/aromatic N) is 2. The van der Waals surface area contributed by atoms with Gasteiger partial charge in [-0.2, -0.15) is 4.98 Å². The van der Waals surface area contributed by atoms with Crippen molar-refractivity contribution in [2.45, 2.75) is 6.92 Å². The molecule has 0 unspecified atom stereocenters. The molecule has 6 nitrogen and oxygen atoms in total. The first kappa shape index (κ1) is 15.2. The quantitative estimate of drug-likeness (QED) is 0.745. The number of benzene rings is 2. The molecule has 2 N–H and O–H groups in total.